The summed E-state index contributed by atoms with van der Waals surface area (Å²) in [6, 6.07) is 7.89. The van der Waals surface area contributed by atoms with E-state index in [1.807, 2.05) is 45.0 Å². The smallest absolute Gasteiger partial charge is 0.145 e. The van der Waals surface area contributed by atoms with Gasteiger partial charge in [0.25, 0.3) is 0 Å². The van der Waals surface area contributed by atoms with Crippen LogP contribution in [0.2, 0.25) is 0 Å². The number of rotatable bonds is 5. The summed E-state index contributed by atoms with van der Waals surface area (Å²) in [4.78, 5) is 0. The van der Waals surface area contributed by atoms with Gasteiger partial charge < -0.3 is 0 Å². The van der Waals surface area contributed by atoms with Gasteiger partial charge in [-0.25, -0.2) is 4.21 Å². The van der Waals surface area contributed by atoms with Gasteiger partial charge in [-0.15, -0.1) is 11.6 Å². The highest BCUT2D eigenvalue weighted by molar-refractivity contribution is 9.10. The standard InChI is InChI=1S/C14H19BrClNOS/c1-14(2,3)19(18)17-13(5-4-10-16)11-6-8-12(15)9-7-11/h6-9H,4-5,10H2,1-3H3/t19-/m0/s1. The fourth-order valence-corrected chi connectivity index (χ4v) is 2.42. The summed E-state index contributed by atoms with van der Waals surface area (Å²) < 4.78 is 17.2. The molecule has 0 aromatic heterocycles. The van der Waals surface area contributed by atoms with Crippen LogP contribution in [0.3, 0.4) is 0 Å². The molecule has 1 aromatic carbocycles. The van der Waals surface area contributed by atoms with Crippen molar-refractivity contribution in [2.24, 2.45) is 4.40 Å². The van der Waals surface area contributed by atoms with Crippen LogP contribution in [0.5, 0.6) is 0 Å². The van der Waals surface area contributed by atoms with Gasteiger partial charge in [-0.1, -0.05) is 28.1 Å². The first-order chi connectivity index (χ1) is 8.84. The van der Waals surface area contributed by atoms with Crippen molar-refractivity contribution in [3.63, 3.8) is 0 Å². The molecule has 0 aliphatic heterocycles. The first-order valence-corrected chi connectivity index (χ1v) is 8.59. The summed E-state index contributed by atoms with van der Waals surface area (Å²) in [7, 11) is -1.24. The topological polar surface area (TPSA) is 29.4 Å². The lowest BCUT2D eigenvalue weighted by molar-refractivity contribution is 0.650. The van der Waals surface area contributed by atoms with Gasteiger partial charge in [0.05, 0.1) is 10.5 Å². The molecular formula is C14H19BrClNOS. The number of benzene rings is 1. The minimum atomic E-state index is -1.24. The molecule has 5 heteroatoms. The molecule has 0 spiro atoms. The Morgan fingerprint density at radius 2 is 1.89 bits per heavy atom. The minimum absolute atomic E-state index is 0.346. The molecule has 0 unspecified atom stereocenters. The predicted molar refractivity (Wildman–Crippen MR) is 88.5 cm³/mol. The number of alkyl halides is 1. The highest BCUT2D eigenvalue weighted by Crippen LogP contribution is 2.18. The summed E-state index contributed by atoms with van der Waals surface area (Å²) in [5, 5.41) is 0. The van der Waals surface area contributed by atoms with Crippen molar-refractivity contribution in [3.05, 3.63) is 34.3 Å². The zero-order chi connectivity index (χ0) is 14.5. The molecule has 19 heavy (non-hydrogen) atoms. The SMILES string of the molecule is CC(C)(C)[S@](=O)N=C(CCCCl)c1ccc(Br)cc1. The van der Waals surface area contributed by atoms with Gasteiger partial charge in [0.1, 0.15) is 11.0 Å². The third-order valence-corrected chi connectivity index (χ3v) is 4.67. The van der Waals surface area contributed by atoms with Crippen molar-refractivity contribution in [1.82, 2.24) is 0 Å². The Labute approximate surface area is 131 Å². The summed E-state index contributed by atoms with van der Waals surface area (Å²) in [6.07, 6.45) is 1.57. The van der Waals surface area contributed by atoms with E-state index in [1.54, 1.807) is 0 Å². The Kier molecular flexibility index (Phi) is 6.71. The maximum absolute atomic E-state index is 12.2. The fraction of sp³-hybridized carbons (Fsp3) is 0.500. The largest absolute Gasteiger partial charge is 0.234 e. The van der Waals surface area contributed by atoms with E-state index in [0.717, 1.165) is 28.6 Å². The molecule has 2 nitrogen and oxygen atoms in total. The molecule has 0 aliphatic rings. The van der Waals surface area contributed by atoms with Gasteiger partial charge in [-0.2, -0.15) is 4.40 Å². The van der Waals surface area contributed by atoms with Gasteiger partial charge in [0.2, 0.25) is 0 Å². The molecule has 0 heterocycles. The highest BCUT2D eigenvalue weighted by atomic mass is 79.9. The zero-order valence-electron chi connectivity index (χ0n) is 11.5. The average Bonchev–Trinajstić information content (AvgIpc) is 2.34. The van der Waals surface area contributed by atoms with Crippen LogP contribution in [-0.4, -0.2) is 20.5 Å². The van der Waals surface area contributed by atoms with Crippen molar-refractivity contribution in [2.75, 3.05) is 5.88 Å². The molecule has 0 amide bonds. The normalized spacial score (nSPS) is 14.5. The zero-order valence-corrected chi connectivity index (χ0v) is 14.6. The van der Waals surface area contributed by atoms with Crippen molar-refractivity contribution in [3.8, 4) is 0 Å². The monoisotopic (exact) mass is 363 g/mol. The Balaban J connectivity index is 3.04. The Morgan fingerprint density at radius 1 is 1.32 bits per heavy atom. The van der Waals surface area contributed by atoms with E-state index in [9.17, 15) is 4.21 Å². The van der Waals surface area contributed by atoms with E-state index >= 15 is 0 Å². The van der Waals surface area contributed by atoms with E-state index in [1.165, 1.54) is 0 Å². The Morgan fingerprint density at radius 3 is 2.37 bits per heavy atom. The number of hydrogen-bond acceptors (Lipinski definition) is 1. The van der Waals surface area contributed by atoms with Gasteiger partial charge in [0, 0.05) is 10.4 Å². The molecule has 1 aromatic rings. The third-order valence-electron chi connectivity index (χ3n) is 2.44. The molecule has 0 radical (unpaired) electrons. The van der Waals surface area contributed by atoms with Gasteiger partial charge in [-0.3, -0.25) is 0 Å². The molecule has 1 atom stereocenters. The molecule has 0 bridgehead atoms. The minimum Gasteiger partial charge on any atom is -0.234 e. The van der Waals surface area contributed by atoms with Gasteiger partial charge in [-0.05, 0) is 51.3 Å². The van der Waals surface area contributed by atoms with Gasteiger partial charge >= 0.3 is 0 Å². The van der Waals surface area contributed by atoms with Crippen molar-refractivity contribution < 1.29 is 4.21 Å². The predicted octanol–water partition coefficient (Wildman–Crippen LogP) is 4.72. The van der Waals surface area contributed by atoms with Crippen molar-refractivity contribution in [1.29, 1.82) is 0 Å². The molecule has 0 saturated heterocycles. The molecule has 0 aliphatic carbocycles. The molecule has 0 saturated carbocycles. The van der Waals surface area contributed by atoms with E-state index < -0.39 is 11.0 Å². The molecule has 106 valence electrons. The van der Waals surface area contributed by atoms with Crippen molar-refractivity contribution >= 4 is 44.2 Å². The third kappa shape index (κ3) is 5.76. The first-order valence-electron chi connectivity index (χ1n) is 6.16. The van der Waals surface area contributed by atoms with Crippen LogP contribution < -0.4 is 0 Å². The van der Waals surface area contributed by atoms with Crippen LogP contribution in [0, 0.1) is 0 Å². The Bertz CT molecular complexity index is 465. The fourth-order valence-electron chi connectivity index (χ4n) is 1.36. The summed E-state index contributed by atoms with van der Waals surface area (Å²) in [5.41, 5.74) is 1.87. The second kappa shape index (κ2) is 7.55. The highest BCUT2D eigenvalue weighted by Gasteiger charge is 2.20. The van der Waals surface area contributed by atoms with Crippen molar-refractivity contribution in [2.45, 2.75) is 38.4 Å². The molecular weight excluding hydrogens is 346 g/mol. The number of hydrogen-bond donors (Lipinski definition) is 0. The quantitative estimate of drug-likeness (QED) is 0.549. The maximum Gasteiger partial charge on any atom is 0.145 e. The van der Waals surface area contributed by atoms with E-state index in [4.69, 9.17) is 11.6 Å². The van der Waals surface area contributed by atoms with E-state index in [2.05, 4.69) is 20.3 Å². The van der Waals surface area contributed by atoms with E-state index in [-0.39, 0.29) is 4.75 Å². The summed E-state index contributed by atoms with van der Waals surface area (Å²) >= 11 is 9.16. The van der Waals surface area contributed by atoms with Crippen LogP contribution >= 0.6 is 27.5 Å². The van der Waals surface area contributed by atoms with Crippen LogP contribution in [0.1, 0.15) is 39.2 Å². The first kappa shape index (κ1) is 16.9. The second-order valence-electron chi connectivity index (χ2n) is 5.20. The summed E-state index contributed by atoms with van der Waals surface area (Å²) in [6.45, 7) is 5.77. The lowest BCUT2D eigenvalue weighted by atomic mass is 10.1. The van der Waals surface area contributed by atoms with Crippen LogP contribution in [0.25, 0.3) is 0 Å². The van der Waals surface area contributed by atoms with Crippen LogP contribution in [0.4, 0.5) is 0 Å². The number of halogens is 2. The number of nitrogens with zero attached hydrogens (tertiary/aromatic N) is 1. The van der Waals surface area contributed by atoms with Crippen LogP contribution in [0.15, 0.2) is 33.1 Å². The van der Waals surface area contributed by atoms with Gasteiger partial charge in [0.15, 0.2) is 0 Å². The molecule has 0 fully saturated rings. The van der Waals surface area contributed by atoms with E-state index in [0.29, 0.717) is 5.88 Å². The maximum atomic E-state index is 12.2. The Hall–Kier alpha value is -0.190. The lowest BCUT2D eigenvalue weighted by Crippen LogP contribution is -2.21. The molecule has 1 rings (SSSR count). The lowest BCUT2D eigenvalue weighted by Gasteiger charge is -2.15. The summed E-state index contributed by atoms with van der Waals surface area (Å²) in [5.74, 6) is 0.581. The second-order valence-corrected chi connectivity index (χ2v) is 8.40. The average molecular weight is 365 g/mol. The van der Waals surface area contributed by atoms with Crippen LogP contribution in [-0.2, 0) is 11.0 Å². The molecule has 0 N–H and O–H groups in total.